The van der Waals surface area contributed by atoms with E-state index < -0.39 is 11.9 Å². The molecule has 0 bridgehead atoms. The zero-order valence-corrected chi connectivity index (χ0v) is 11.2. The molecular formula is C15H21NO3. The molecule has 0 aromatic heterocycles. The Bertz CT molecular complexity index is 419. The molecule has 3 unspecified atom stereocenters. The van der Waals surface area contributed by atoms with Gasteiger partial charge in [0.1, 0.15) is 0 Å². The molecule has 1 aromatic rings. The lowest BCUT2D eigenvalue weighted by atomic mass is 9.98. The number of hydrogen-bond acceptors (Lipinski definition) is 3. The molecule has 1 aliphatic rings. The largest absolute Gasteiger partial charge is 0.481 e. The van der Waals surface area contributed by atoms with Crippen molar-refractivity contribution in [3.8, 4) is 0 Å². The van der Waals surface area contributed by atoms with E-state index in [4.69, 9.17) is 0 Å². The number of carbonyl (C=O) groups is 1. The van der Waals surface area contributed by atoms with E-state index in [0.29, 0.717) is 6.54 Å². The van der Waals surface area contributed by atoms with Crippen molar-refractivity contribution < 1.29 is 15.0 Å². The first kappa shape index (κ1) is 14.0. The van der Waals surface area contributed by atoms with Gasteiger partial charge in [-0.25, -0.2) is 0 Å². The SMILES string of the molecule is CC(O)C1CCN(CC(C(=O)O)c2ccccc2)C1. The summed E-state index contributed by atoms with van der Waals surface area (Å²) < 4.78 is 0. The predicted molar refractivity (Wildman–Crippen MR) is 73.0 cm³/mol. The molecule has 1 heterocycles. The Morgan fingerprint density at radius 2 is 2.11 bits per heavy atom. The van der Waals surface area contributed by atoms with Crippen molar-refractivity contribution in [2.75, 3.05) is 19.6 Å². The fourth-order valence-corrected chi connectivity index (χ4v) is 2.69. The number of aliphatic hydroxyl groups excluding tert-OH is 1. The van der Waals surface area contributed by atoms with Crippen LogP contribution in [0, 0.1) is 5.92 Å². The zero-order valence-electron chi connectivity index (χ0n) is 11.2. The highest BCUT2D eigenvalue weighted by Crippen LogP contribution is 2.24. The van der Waals surface area contributed by atoms with Crippen LogP contribution in [0.5, 0.6) is 0 Å². The number of benzene rings is 1. The van der Waals surface area contributed by atoms with Crippen LogP contribution in [-0.2, 0) is 4.79 Å². The van der Waals surface area contributed by atoms with E-state index in [1.54, 1.807) is 6.92 Å². The van der Waals surface area contributed by atoms with Gasteiger partial charge in [0.15, 0.2) is 0 Å². The van der Waals surface area contributed by atoms with Crippen LogP contribution in [0.2, 0.25) is 0 Å². The molecule has 1 aliphatic heterocycles. The zero-order chi connectivity index (χ0) is 13.8. The first-order valence-electron chi connectivity index (χ1n) is 6.76. The lowest BCUT2D eigenvalue weighted by Gasteiger charge is -2.22. The molecule has 2 N–H and O–H groups in total. The van der Waals surface area contributed by atoms with Crippen LogP contribution in [0.3, 0.4) is 0 Å². The summed E-state index contributed by atoms with van der Waals surface area (Å²) in [5, 5.41) is 19.0. The van der Waals surface area contributed by atoms with E-state index in [9.17, 15) is 15.0 Å². The lowest BCUT2D eigenvalue weighted by Crippen LogP contribution is -2.31. The average molecular weight is 263 g/mol. The quantitative estimate of drug-likeness (QED) is 0.846. The highest BCUT2D eigenvalue weighted by Gasteiger charge is 2.30. The van der Waals surface area contributed by atoms with Crippen molar-refractivity contribution in [1.82, 2.24) is 4.90 Å². The summed E-state index contributed by atoms with van der Waals surface area (Å²) in [6.07, 6.45) is 0.628. The second kappa shape index (κ2) is 6.17. The summed E-state index contributed by atoms with van der Waals surface area (Å²) in [5.41, 5.74) is 0.843. The van der Waals surface area contributed by atoms with Crippen LogP contribution in [0.1, 0.15) is 24.8 Å². The Morgan fingerprint density at radius 1 is 1.42 bits per heavy atom. The second-order valence-corrected chi connectivity index (χ2v) is 5.35. The van der Waals surface area contributed by atoms with E-state index in [-0.39, 0.29) is 12.0 Å². The third kappa shape index (κ3) is 3.55. The van der Waals surface area contributed by atoms with Gasteiger partial charge in [-0.3, -0.25) is 4.79 Å². The van der Waals surface area contributed by atoms with Gasteiger partial charge >= 0.3 is 5.97 Å². The maximum Gasteiger partial charge on any atom is 0.312 e. The summed E-state index contributed by atoms with van der Waals surface area (Å²) in [7, 11) is 0. The van der Waals surface area contributed by atoms with E-state index in [2.05, 4.69) is 4.90 Å². The number of aliphatic carboxylic acids is 1. The van der Waals surface area contributed by atoms with Crippen molar-refractivity contribution in [3.05, 3.63) is 35.9 Å². The van der Waals surface area contributed by atoms with Gasteiger partial charge in [-0.05, 0) is 31.4 Å². The fourth-order valence-electron chi connectivity index (χ4n) is 2.69. The maximum absolute atomic E-state index is 11.4. The number of carboxylic acids is 1. The number of likely N-dealkylation sites (tertiary alicyclic amines) is 1. The molecule has 0 spiro atoms. The van der Waals surface area contributed by atoms with E-state index >= 15 is 0 Å². The van der Waals surface area contributed by atoms with Crippen molar-refractivity contribution >= 4 is 5.97 Å². The summed E-state index contributed by atoms with van der Waals surface area (Å²) in [4.78, 5) is 13.6. The Hall–Kier alpha value is -1.39. The molecule has 0 radical (unpaired) electrons. The van der Waals surface area contributed by atoms with Gasteiger partial charge in [0, 0.05) is 13.1 Å². The molecule has 4 nitrogen and oxygen atoms in total. The Kier molecular flexibility index (Phi) is 4.56. The van der Waals surface area contributed by atoms with Crippen LogP contribution in [-0.4, -0.2) is 46.8 Å². The molecule has 4 heteroatoms. The van der Waals surface area contributed by atoms with Gasteiger partial charge in [0.05, 0.1) is 12.0 Å². The first-order valence-corrected chi connectivity index (χ1v) is 6.76. The van der Waals surface area contributed by atoms with Crippen LogP contribution in [0.15, 0.2) is 30.3 Å². The number of hydrogen-bond donors (Lipinski definition) is 2. The minimum atomic E-state index is -0.785. The summed E-state index contributed by atoms with van der Waals surface area (Å²) in [6, 6.07) is 9.35. The highest BCUT2D eigenvalue weighted by atomic mass is 16.4. The Morgan fingerprint density at radius 3 is 2.63 bits per heavy atom. The van der Waals surface area contributed by atoms with Crippen LogP contribution in [0.4, 0.5) is 0 Å². The summed E-state index contributed by atoms with van der Waals surface area (Å²) in [5.74, 6) is -1.01. The number of nitrogens with zero attached hydrogens (tertiary/aromatic N) is 1. The molecule has 1 aromatic carbocycles. The second-order valence-electron chi connectivity index (χ2n) is 5.35. The van der Waals surface area contributed by atoms with Crippen molar-refractivity contribution in [3.63, 3.8) is 0 Å². The Labute approximate surface area is 113 Å². The first-order chi connectivity index (χ1) is 9.08. The number of carboxylic acid groups (broad SMARTS) is 1. The average Bonchev–Trinajstić information content (AvgIpc) is 2.85. The van der Waals surface area contributed by atoms with Gasteiger partial charge in [0.2, 0.25) is 0 Å². The van der Waals surface area contributed by atoms with E-state index in [1.165, 1.54) is 0 Å². The molecule has 104 valence electrons. The summed E-state index contributed by atoms with van der Waals surface area (Å²) in [6.45, 7) is 3.98. The standard InChI is InChI=1S/C15H21NO3/c1-11(17)13-7-8-16(9-13)10-14(15(18)19)12-5-3-2-4-6-12/h2-6,11,13-14,17H,7-10H2,1H3,(H,18,19). The fraction of sp³-hybridized carbons (Fsp3) is 0.533. The van der Waals surface area contributed by atoms with Crippen LogP contribution < -0.4 is 0 Å². The molecule has 2 rings (SSSR count). The van der Waals surface area contributed by atoms with Gasteiger partial charge < -0.3 is 15.1 Å². The van der Waals surface area contributed by atoms with Gasteiger partial charge in [-0.1, -0.05) is 30.3 Å². The lowest BCUT2D eigenvalue weighted by molar-refractivity contribution is -0.139. The van der Waals surface area contributed by atoms with Crippen molar-refractivity contribution in [2.45, 2.75) is 25.4 Å². The molecule has 0 aliphatic carbocycles. The van der Waals surface area contributed by atoms with E-state index in [0.717, 1.165) is 25.1 Å². The monoisotopic (exact) mass is 263 g/mol. The summed E-state index contributed by atoms with van der Waals surface area (Å²) >= 11 is 0. The minimum Gasteiger partial charge on any atom is -0.481 e. The smallest absolute Gasteiger partial charge is 0.312 e. The van der Waals surface area contributed by atoms with Gasteiger partial charge in [-0.2, -0.15) is 0 Å². The maximum atomic E-state index is 11.4. The number of rotatable bonds is 5. The topological polar surface area (TPSA) is 60.8 Å². The highest BCUT2D eigenvalue weighted by molar-refractivity contribution is 5.76. The molecule has 3 atom stereocenters. The minimum absolute atomic E-state index is 0.269. The predicted octanol–water partition coefficient (Wildman–Crippen LogP) is 1.56. The van der Waals surface area contributed by atoms with Gasteiger partial charge in [-0.15, -0.1) is 0 Å². The Balaban J connectivity index is 2.01. The normalized spacial score (nSPS) is 23.2. The van der Waals surface area contributed by atoms with E-state index in [1.807, 2.05) is 30.3 Å². The van der Waals surface area contributed by atoms with Crippen LogP contribution >= 0.6 is 0 Å². The molecule has 1 fully saturated rings. The molecule has 1 saturated heterocycles. The molecular weight excluding hydrogens is 242 g/mol. The third-order valence-electron chi connectivity index (χ3n) is 3.93. The molecule has 0 saturated carbocycles. The van der Waals surface area contributed by atoms with Crippen molar-refractivity contribution in [1.29, 1.82) is 0 Å². The van der Waals surface area contributed by atoms with Crippen LogP contribution in [0.25, 0.3) is 0 Å². The van der Waals surface area contributed by atoms with Gasteiger partial charge in [0.25, 0.3) is 0 Å². The van der Waals surface area contributed by atoms with Crippen molar-refractivity contribution in [2.24, 2.45) is 5.92 Å². The number of aliphatic hydroxyl groups is 1. The third-order valence-corrected chi connectivity index (χ3v) is 3.93. The molecule has 19 heavy (non-hydrogen) atoms. The molecule has 0 amide bonds.